The van der Waals surface area contributed by atoms with E-state index in [1.54, 1.807) is 30.3 Å². The molecule has 5 nitrogen and oxygen atoms in total. The molecule has 1 aromatic carbocycles. The maximum atomic E-state index is 13.7. The highest BCUT2D eigenvalue weighted by atomic mass is 32.2. The highest BCUT2D eigenvalue weighted by Crippen LogP contribution is 2.55. The van der Waals surface area contributed by atoms with E-state index in [4.69, 9.17) is 14.2 Å². The van der Waals surface area contributed by atoms with Crippen LogP contribution in [0.15, 0.2) is 47.4 Å². The van der Waals surface area contributed by atoms with Crippen molar-refractivity contribution in [3.8, 4) is 0 Å². The standard InChI is InChI=1S/C18H24O5S/c1-12-10-15-13(2)23-17(22-4)16(21-3)18(15,11-12)24(19,20)14-8-6-5-7-9-14/h5-9,13,15-17H,1,10-11H2,2-4H3/t13-,15+,16-,17+,18-/m0/s1. The van der Waals surface area contributed by atoms with Crippen molar-refractivity contribution < 1.29 is 22.6 Å². The molecule has 2 fully saturated rings. The van der Waals surface area contributed by atoms with E-state index in [1.165, 1.54) is 14.2 Å². The summed E-state index contributed by atoms with van der Waals surface area (Å²) in [5.41, 5.74) is 0.911. The molecule has 1 saturated carbocycles. The number of hydrogen-bond donors (Lipinski definition) is 0. The van der Waals surface area contributed by atoms with Crippen LogP contribution in [0.1, 0.15) is 19.8 Å². The van der Waals surface area contributed by atoms with Crippen molar-refractivity contribution in [1.29, 1.82) is 0 Å². The lowest BCUT2D eigenvalue weighted by molar-refractivity contribution is -0.256. The van der Waals surface area contributed by atoms with Crippen LogP contribution in [0.2, 0.25) is 0 Å². The van der Waals surface area contributed by atoms with Crippen LogP contribution in [0, 0.1) is 5.92 Å². The number of hydrogen-bond acceptors (Lipinski definition) is 5. The highest BCUT2D eigenvalue weighted by Gasteiger charge is 2.66. The number of methoxy groups -OCH3 is 2. The fraction of sp³-hybridized carbons (Fsp3) is 0.556. The van der Waals surface area contributed by atoms with E-state index in [0.29, 0.717) is 17.7 Å². The highest BCUT2D eigenvalue weighted by molar-refractivity contribution is 7.93. The van der Waals surface area contributed by atoms with E-state index in [2.05, 4.69) is 6.58 Å². The Morgan fingerprint density at radius 1 is 1.21 bits per heavy atom. The molecule has 0 amide bonds. The van der Waals surface area contributed by atoms with Gasteiger partial charge in [-0.15, -0.1) is 0 Å². The smallest absolute Gasteiger partial charge is 0.187 e. The normalized spacial score (nSPS) is 36.5. The maximum Gasteiger partial charge on any atom is 0.187 e. The molecule has 1 aliphatic heterocycles. The molecule has 0 aromatic heterocycles. The summed E-state index contributed by atoms with van der Waals surface area (Å²) in [7, 11) is -0.656. The Morgan fingerprint density at radius 3 is 2.46 bits per heavy atom. The van der Waals surface area contributed by atoms with Crippen LogP contribution in [0.3, 0.4) is 0 Å². The van der Waals surface area contributed by atoms with E-state index in [9.17, 15) is 8.42 Å². The van der Waals surface area contributed by atoms with Gasteiger partial charge in [-0.05, 0) is 31.9 Å². The van der Waals surface area contributed by atoms with Gasteiger partial charge < -0.3 is 14.2 Å². The molecule has 132 valence electrons. The third kappa shape index (κ3) is 2.36. The van der Waals surface area contributed by atoms with Gasteiger partial charge in [-0.1, -0.05) is 30.4 Å². The van der Waals surface area contributed by atoms with Crippen LogP contribution >= 0.6 is 0 Å². The quantitative estimate of drug-likeness (QED) is 0.780. The minimum Gasteiger partial charge on any atom is -0.374 e. The Morgan fingerprint density at radius 2 is 1.88 bits per heavy atom. The van der Waals surface area contributed by atoms with Gasteiger partial charge in [0.15, 0.2) is 16.1 Å². The number of allylic oxidation sites excluding steroid dienone is 1. The molecular weight excluding hydrogens is 328 g/mol. The van der Waals surface area contributed by atoms with Crippen LogP contribution in [-0.2, 0) is 24.0 Å². The summed E-state index contributed by atoms with van der Waals surface area (Å²) in [5.74, 6) is -0.216. The third-order valence-electron chi connectivity index (χ3n) is 5.35. The summed E-state index contributed by atoms with van der Waals surface area (Å²) >= 11 is 0. The number of ether oxygens (including phenoxy) is 3. The fourth-order valence-corrected chi connectivity index (χ4v) is 6.85. The van der Waals surface area contributed by atoms with Crippen molar-refractivity contribution in [2.45, 2.75) is 47.9 Å². The lowest BCUT2D eigenvalue weighted by atomic mass is 9.83. The van der Waals surface area contributed by atoms with Crippen molar-refractivity contribution >= 4 is 9.84 Å². The number of sulfone groups is 1. The Balaban J connectivity index is 2.22. The van der Waals surface area contributed by atoms with Gasteiger partial charge in [0.2, 0.25) is 0 Å². The van der Waals surface area contributed by atoms with Gasteiger partial charge in [0.1, 0.15) is 10.9 Å². The zero-order chi connectivity index (χ0) is 17.5. The Hall–Kier alpha value is -1.21. The van der Waals surface area contributed by atoms with Gasteiger partial charge in [-0.2, -0.15) is 0 Å². The van der Waals surface area contributed by atoms with Crippen LogP contribution in [-0.4, -0.2) is 45.9 Å². The molecule has 1 heterocycles. The predicted octanol–water partition coefficient (Wildman–Crippen LogP) is 2.57. The average molecular weight is 352 g/mol. The Kier molecular flexibility index (Phi) is 4.59. The average Bonchev–Trinajstić information content (AvgIpc) is 2.94. The predicted molar refractivity (Wildman–Crippen MR) is 90.4 cm³/mol. The summed E-state index contributed by atoms with van der Waals surface area (Å²) in [5, 5.41) is 0. The zero-order valence-electron chi connectivity index (χ0n) is 14.3. The maximum absolute atomic E-state index is 13.7. The number of benzene rings is 1. The summed E-state index contributed by atoms with van der Waals surface area (Å²) in [6.07, 6.45) is -0.734. The van der Waals surface area contributed by atoms with E-state index in [1.807, 2.05) is 6.92 Å². The first-order valence-electron chi connectivity index (χ1n) is 8.06. The van der Waals surface area contributed by atoms with Crippen molar-refractivity contribution in [2.75, 3.05) is 14.2 Å². The van der Waals surface area contributed by atoms with Crippen molar-refractivity contribution in [2.24, 2.45) is 5.92 Å². The number of rotatable bonds is 4. The third-order valence-corrected chi connectivity index (χ3v) is 7.92. The van der Waals surface area contributed by atoms with Gasteiger partial charge in [-0.25, -0.2) is 8.42 Å². The topological polar surface area (TPSA) is 61.8 Å². The molecule has 0 spiro atoms. The largest absolute Gasteiger partial charge is 0.374 e. The van der Waals surface area contributed by atoms with Crippen LogP contribution in [0.5, 0.6) is 0 Å². The van der Waals surface area contributed by atoms with Crippen LogP contribution in [0.4, 0.5) is 0 Å². The van der Waals surface area contributed by atoms with Crippen molar-refractivity contribution in [1.82, 2.24) is 0 Å². The van der Waals surface area contributed by atoms with Crippen LogP contribution < -0.4 is 0 Å². The van der Waals surface area contributed by atoms with E-state index in [-0.39, 0.29) is 12.0 Å². The molecule has 1 aromatic rings. The first-order chi connectivity index (χ1) is 11.4. The van der Waals surface area contributed by atoms with E-state index < -0.39 is 27.0 Å². The molecule has 3 rings (SSSR count). The van der Waals surface area contributed by atoms with Gasteiger partial charge in [0, 0.05) is 20.1 Å². The van der Waals surface area contributed by atoms with E-state index >= 15 is 0 Å². The lowest BCUT2D eigenvalue weighted by Gasteiger charge is -2.49. The minimum atomic E-state index is -3.68. The summed E-state index contributed by atoms with van der Waals surface area (Å²) in [6.45, 7) is 5.97. The molecule has 1 aliphatic carbocycles. The second-order valence-corrected chi connectivity index (χ2v) is 8.85. The summed E-state index contributed by atoms with van der Waals surface area (Å²) in [4.78, 5) is 0.302. The first-order valence-corrected chi connectivity index (χ1v) is 9.54. The van der Waals surface area contributed by atoms with Gasteiger partial charge in [0.25, 0.3) is 0 Å². The molecule has 0 unspecified atom stereocenters. The Bertz CT molecular complexity index is 714. The molecule has 6 heteroatoms. The monoisotopic (exact) mass is 352 g/mol. The fourth-order valence-electron chi connectivity index (χ4n) is 4.32. The molecule has 0 radical (unpaired) electrons. The van der Waals surface area contributed by atoms with Gasteiger partial charge >= 0.3 is 0 Å². The molecule has 0 bridgehead atoms. The number of fused-ring (bicyclic) bond motifs is 1. The van der Waals surface area contributed by atoms with Gasteiger partial charge in [-0.3, -0.25) is 0 Å². The second kappa shape index (κ2) is 6.26. The molecule has 24 heavy (non-hydrogen) atoms. The molecule has 5 atom stereocenters. The van der Waals surface area contributed by atoms with Crippen molar-refractivity contribution in [3.05, 3.63) is 42.5 Å². The molecule has 0 N–H and O–H groups in total. The minimum absolute atomic E-state index is 0.216. The summed E-state index contributed by atoms with van der Waals surface area (Å²) in [6, 6.07) is 8.55. The zero-order valence-corrected chi connectivity index (χ0v) is 15.1. The van der Waals surface area contributed by atoms with Gasteiger partial charge in [0.05, 0.1) is 11.0 Å². The SMILES string of the molecule is C=C1C[C@@H]2[C@H](C)O[C@@H](OC)[C@H](OC)[C@]2(S(=O)(=O)c2ccccc2)C1. The van der Waals surface area contributed by atoms with E-state index in [0.717, 1.165) is 5.57 Å². The Labute approximate surface area is 143 Å². The first kappa shape index (κ1) is 17.6. The second-order valence-electron chi connectivity index (χ2n) is 6.61. The van der Waals surface area contributed by atoms with Crippen molar-refractivity contribution in [3.63, 3.8) is 0 Å². The molecular formula is C18H24O5S. The molecule has 2 aliphatic rings. The molecule has 1 saturated heterocycles. The summed E-state index contributed by atoms with van der Waals surface area (Å²) < 4.78 is 43.2. The lowest BCUT2D eigenvalue weighted by Crippen LogP contribution is -2.65. The van der Waals surface area contributed by atoms with Crippen LogP contribution in [0.25, 0.3) is 0 Å².